The topological polar surface area (TPSA) is 34.0 Å². The lowest BCUT2D eigenvalue weighted by molar-refractivity contribution is 0.316. The zero-order chi connectivity index (χ0) is 16.9. The van der Waals surface area contributed by atoms with Crippen LogP contribution in [0.4, 0.5) is 0 Å². The molecule has 1 fully saturated rings. The largest absolute Gasteiger partial charge is 0.299 e. The summed E-state index contributed by atoms with van der Waals surface area (Å²) >= 11 is 0. The Hall–Kier alpha value is -2.46. The van der Waals surface area contributed by atoms with Gasteiger partial charge in [-0.1, -0.05) is 36.4 Å². The maximum Gasteiger partial charge on any atom is 0.0659 e. The highest BCUT2D eigenvalue weighted by Gasteiger charge is 2.23. The normalized spacial score (nSPS) is 17.8. The van der Waals surface area contributed by atoms with E-state index in [-0.39, 0.29) is 0 Å². The SMILES string of the molecule is c1ccc(Cn2cc(CN3CCC(Cc4ccccn4)C3)cn2)cc1. The number of aromatic nitrogens is 3. The van der Waals surface area contributed by atoms with Crippen molar-refractivity contribution in [2.24, 2.45) is 5.92 Å². The number of benzene rings is 1. The number of pyridine rings is 1. The minimum absolute atomic E-state index is 0.717. The van der Waals surface area contributed by atoms with Crippen LogP contribution in [0.2, 0.25) is 0 Å². The fraction of sp³-hybridized carbons (Fsp3) is 0.333. The minimum atomic E-state index is 0.717. The first-order valence-corrected chi connectivity index (χ1v) is 9.03. The predicted octanol–water partition coefficient (Wildman–Crippen LogP) is 3.39. The van der Waals surface area contributed by atoms with E-state index in [0.29, 0.717) is 5.92 Å². The van der Waals surface area contributed by atoms with Crippen molar-refractivity contribution >= 4 is 0 Å². The van der Waals surface area contributed by atoms with Crippen LogP contribution in [0, 0.1) is 5.92 Å². The average molecular weight is 332 g/mol. The Morgan fingerprint density at radius 2 is 1.84 bits per heavy atom. The predicted molar refractivity (Wildman–Crippen MR) is 99.1 cm³/mol. The summed E-state index contributed by atoms with van der Waals surface area (Å²) in [4.78, 5) is 7.00. The van der Waals surface area contributed by atoms with Crippen LogP contribution in [0.1, 0.15) is 23.2 Å². The van der Waals surface area contributed by atoms with E-state index in [1.54, 1.807) is 0 Å². The highest BCUT2D eigenvalue weighted by Crippen LogP contribution is 2.21. The van der Waals surface area contributed by atoms with Crippen LogP contribution in [0.15, 0.2) is 67.1 Å². The second-order valence-corrected chi connectivity index (χ2v) is 6.95. The number of rotatable bonds is 6. The third-order valence-corrected chi connectivity index (χ3v) is 4.87. The molecule has 3 aromatic rings. The molecule has 0 saturated carbocycles. The van der Waals surface area contributed by atoms with E-state index in [0.717, 1.165) is 26.1 Å². The average Bonchev–Trinajstić information content (AvgIpc) is 3.27. The summed E-state index contributed by atoms with van der Waals surface area (Å²) in [6.45, 7) is 4.15. The van der Waals surface area contributed by atoms with E-state index in [1.807, 2.05) is 29.2 Å². The van der Waals surface area contributed by atoms with Crippen molar-refractivity contribution in [3.8, 4) is 0 Å². The number of likely N-dealkylation sites (tertiary alicyclic amines) is 1. The summed E-state index contributed by atoms with van der Waals surface area (Å²) in [5.74, 6) is 0.717. The number of hydrogen-bond acceptors (Lipinski definition) is 3. The van der Waals surface area contributed by atoms with Gasteiger partial charge in [-0.3, -0.25) is 14.6 Å². The van der Waals surface area contributed by atoms with Crippen molar-refractivity contribution in [1.82, 2.24) is 19.7 Å². The molecule has 4 nitrogen and oxygen atoms in total. The van der Waals surface area contributed by atoms with Crippen LogP contribution < -0.4 is 0 Å². The van der Waals surface area contributed by atoms with E-state index >= 15 is 0 Å². The first-order valence-electron chi connectivity index (χ1n) is 9.03. The molecule has 1 unspecified atom stereocenters. The number of hydrogen-bond donors (Lipinski definition) is 0. The maximum absolute atomic E-state index is 4.52. The van der Waals surface area contributed by atoms with Gasteiger partial charge in [0.05, 0.1) is 12.7 Å². The van der Waals surface area contributed by atoms with E-state index in [1.165, 1.54) is 29.8 Å². The van der Waals surface area contributed by atoms with Gasteiger partial charge in [-0.05, 0) is 43.0 Å². The lowest BCUT2D eigenvalue weighted by atomic mass is 10.0. The van der Waals surface area contributed by atoms with Crippen LogP contribution in [-0.2, 0) is 19.5 Å². The lowest BCUT2D eigenvalue weighted by Gasteiger charge is -2.14. The van der Waals surface area contributed by atoms with Gasteiger partial charge >= 0.3 is 0 Å². The zero-order valence-corrected chi connectivity index (χ0v) is 14.5. The molecular weight excluding hydrogens is 308 g/mol. The quantitative estimate of drug-likeness (QED) is 0.694. The smallest absolute Gasteiger partial charge is 0.0659 e. The molecule has 3 heterocycles. The second-order valence-electron chi connectivity index (χ2n) is 6.95. The Balaban J connectivity index is 1.30. The van der Waals surface area contributed by atoms with E-state index in [4.69, 9.17) is 0 Å². The standard InChI is InChI=1S/C21H24N4/c1-2-6-18(7-3-1)16-25-17-20(13-23-25)15-24-11-9-19(14-24)12-21-8-4-5-10-22-21/h1-8,10,13,17,19H,9,11-12,14-16H2. The third-order valence-electron chi connectivity index (χ3n) is 4.87. The Bertz CT molecular complexity index is 782. The van der Waals surface area contributed by atoms with Gasteiger partial charge in [0.25, 0.3) is 0 Å². The first kappa shape index (κ1) is 16.0. The molecule has 0 N–H and O–H groups in total. The molecule has 0 spiro atoms. The van der Waals surface area contributed by atoms with Crippen molar-refractivity contribution in [2.75, 3.05) is 13.1 Å². The molecule has 1 saturated heterocycles. The van der Waals surface area contributed by atoms with Crippen molar-refractivity contribution in [2.45, 2.75) is 25.9 Å². The van der Waals surface area contributed by atoms with Crippen LogP contribution in [0.3, 0.4) is 0 Å². The van der Waals surface area contributed by atoms with Gasteiger partial charge < -0.3 is 0 Å². The van der Waals surface area contributed by atoms with Gasteiger partial charge in [0, 0.05) is 36.7 Å². The van der Waals surface area contributed by atoms with E-state index < -0.39 is 0 Å². The van der Waals surface area contributed by atoms with Crippen LogP contribution >= 0.6 is 0 Å². The Labute approximate surface area is 149 Å². The van der Waals surface area contributed by atoms with Gasteiger partial charge in [-0.25, -0.2) is 0 Å². The highest BCUT2D eigenvalue weighted by atomic mass is 15.3. The Morgan fingerprint density at radius 3 is 2.68 bits per heavy atom. The van der Waals surface area contributed by atoms with Gasteiger partial charge in [0.1, 0.15) is 0 Å². The summed E-state index contributed by atoms with van der Waals surface area (Å²) in [6, 6.07) is 16.7. The third kappa shape index (κ3) is 4.34. The summed E-state index contributed by atoms with van der Waals surface area (Å²) in [5, 5.41) is 4.52. The summed E-state index contributed by atoms with van der Waals surface area (Å²) in [6.07, 6.45) is 8.43. The van der Waals surface area contributed by atoms with Gasteiger partial charge in [-0.2, -0.15) is 5.10 Å². The molecule has 0 amide bonds. The molecule has 1 aliphatic heterocycles. The molecule has 2 aromatic heterocycles. The maximum atomic E-state index is 4.52. The number of nitrogens with zero attached hydrogens (tertiary/aromatic N) is 4. The zero-order valence-electron chi connectivity index (χ0n) is 14.5. The fourth-order valence-corrected chi connectivity index (χ4v) is 3.64. The van der Waals surface area contributed by atoms with Gasteiger partial charge in [-0.15, -0.1) is 0 Å². The Morgan fingerprint density at radius 1 is 0.960 bits per heavy atom. The molecule has 0 bridgehead atoms. The molecular formula is C21H24N4. The minimum Gasteiger partial charge on any atom is -0.299 e. The van der Waals surface area contributed by atoms with Crippen molar-refractivity contribution in [3.63, 3.8) is 0 Å². The molecule has 4 rings (SSSR count). The van der Waals surface area contributed by atoms with Crippen molar-refractivity contribution < 1.29 is 0 Å². The van der Waals surface area contributed by atoms with Gasteiger partial charge in [0.2, 0.25) is 0 Å². The monoisotopic (exact) mass is 332 g/mol. The van der Waals surface area contributed by atoms with Crippen LogP contribution in [0.5, 0.6) is 0 Å². The summed E-state index contributed by atoms with van der Waals surface area (Å²) < 4.78 is 2.03. The van der Waals surface area contributed by atoms with Crippen molar-refractivity contribution in [3.05, 3.63) is 83.9 Å². The van der Waals surface area contributed by atoms with Crippen LogP contribution in [0.25, 0.3) is 0 Å². The highest BCUT2D eigenvalue weighted by molar-refractivity contribution is 5.15. The van der Waals surface area contributed by atoms with E-state index in [9.17, 15) is 0 Å². The molecule has 0 radical (unpaired) electrons. The Kier molecular flexibility index (Phi) is 4.89. The van der Waals surface area contributed by atoms with E-state index in [2.05, 4.69) is 57.6 Å². The van der Waals surface area contributed by atoms with Crippen LogP contribution in [-0.4, -0.2) is 32.8 Å². The van der Waals surface area contributed by atoms with Gasteiger partial charge in [0.15, 0.2) is 0 Å². The first-order chi connectivity index (χ1) is 12.3. The molecule has 25 heavy (non-hydrogen) atoms. The molecule has 1 aromatic carbocycles. The second kappa shape index (κ2) is 7.62. The molecule has 128 valence electrons. The molecule has 0 aliphatic carbocycles. The molecule has 1 atom stereocenters. The fourth-order valence-electron chi connectivity index (χ4n) is 3.64. The summed E-state index contributed by atoms with van der Waals surface area (Å²) in [5.41, 5.74) is 3.80. The summed E-state index contributed by atoms with van der Waals surface area (Å²) in [7, 11) is 0. The van der Waals surface area contributed by atoms with Crippen molar-refractivity contribution in [1.29, 1.82) is 0 Å². The molecule has 1 aliphatic rings. The molecule has 4 heteroatoms. The lowest BCUT2D eigenvalue weighted by Crippen LogP contribution is -2.20.